The van der Waals surface area contributed by atoms with Crippen molar-refractivity contribution < 1.29 is 4.79 Å². The Balaban J connectivity index is 2.18. The first-order valence-electron chi connectivity index (χ1n) is 5.04. The maximum atomic E-state index is 11.8. The number of carbonyl (C=O) groups excluding carboxylic acids is 1. The molecule has 1 aromatic carbocycles. The molecule has 2 rings (SSSR count). The van der Waals surface area contributed by atoms with E-state index in [4.69, 9.17) is 0 Å². The quantitative estimate of drug-likeness (QED) is 0.831. The van der Waals surface area contributed by atoms with Crippen molar-refractivity contribution in [1.29, 1.82) is 0 Å². The molecular formula is C13H12N2O. The zero-order valence-corrected chi connectivity index (χ0v) is 8.97. The van der Waals surface area contributed by atoms with Crippen LogP contribution in [0.25, 0.3) is 0 Å². The third-order valence-electron chi connectivity index (χ3n) is 2.30. The lowest BCUT2D eigenvalue weighted by Gasteiger charge is -2.07. The molecule has 0 aliphatic carbocycles. The second-order valence-electron chi connectivity index (χ2n) is 3.51. The fraction of sp³-hybridized carbons (Fsp3) is 0.0769. The van der Waals surface area contributed by atoms with E-state index < -0.39 is 0 Å². The Morgan fingerprint density at radius 2 is 1.94 bits per heavy atom. The monoisotopic (exact) mass is 212 g/mol. The average Bonchev–Trinajstić information content (AvgIpc) is 2.33. The molecule has 0 radical (unpaired) electrons. The van der Waals surface area contributed by atoms with Gasteiger partial charge in [-0.05, 0) is 30.7 Å². The van der Waals surface area contributed by atoms with Gasteiger partial charge in [-0.3, -0.25) is 9.78 Å². The highest BCUT2D eigenvalue weighted by Gasteiger charge is 2.06. The zero-order chi connectivity index (χ0) is 11.4. The number of hydrogen-bond donors (Lipinski definition) is 1. The summed E-state index contributed by atoms with van der Waals surface area (Å²) in [6, 6.07) is 10.9. The van der Waals surface area contributed by atoms with Crippen LogP contribution >= 0.6 is 0 Å². The lowest BCUT2D eigenvalue weighted by atomic mass is 10.2. The van der Waals surface area contributed by atoms with E-state index >= 15 is 0 Å². The Bertz CT molecular complexity index is 494. The molecule has 1 aromatic heterocycles. The van der Waals surface area contributed by atoms with E-state index in [0.29, 0.717) is 5.56 Å². The standard InChI is InChI=1S/C13H12N2O/c1-10-9-14-8-7-12(10)15-13(16)11-5-3-2-4-6-11/h2-9H,1H3,(H,14,15,16). The topological polar surface area (TPSA) is 42.0 Å². The number of carbonyl (C=O) groups is 1. The van der Waals surface area contributed by atoms with Gasteiger partial charge in [-0.15, -0.1) is 0 Å². The SMILES string of the molecule is Cc1cnccc1NC(=O)c1ccccc1. The fourth-order valence-electron chi connectivity index (χ4n) is 1.40. The first kappa shape index (κ1) is 10.4. The minimum Gasteiger partial charge on any atom is -0.322 e. The minimum absolute atomic E-state index is 0.102. The van der Waals surface area contributed by atoms with Crippen LogP contribution in [0.4, 0.5) is 5.69 Å². The lowest BCUT2D eigenvalue weighted by molar-refractivity contribution is 0.102. The highest BCUT2D eigenvalue weighted by molar-refractivity contribution is 6.04. The highest BCUT2D eigenvalue weighted by atomic mass is 16.1. The minimum atomic E-state index is -0.102. The van der Waals surface area contributed by atoms with E-state index in [0.717, 1.165) is 11.3 Å². The predicted octanol–water partition coefficient (Wildman–Crippen LogP) is 2.64. The van der Waals surface area contributed by atoms with Crippen LogP contribution in [-0.2, 0) is 0 Å². The molecule has 3 heteroatoms. The maximum absolute atomic E-state index is 11.8. The Kier molecular flexibility index (Phi) is 2.96. The van der Waals surface area contributed by atoms with Crippen LogP contribution in [0, 0.1) is 6.92 Å². The van der Waals surface area contributed by atoms with Gasteiger partial charge < -0.3 is 5.32 Å². The van der Waals surface area contributed by atoms with E-state index in [-0.39, 0.29) is 5.91 Å². The highest BCUT2D eigenvalue weighted by Crippen LogP contribution is 2.13. The van der Waals surface area contributed by atoms with Crippen molar-refractivity contribution in [3.8, 4) is 0 Å². The average molecular weight is 212 g/mol. The van der Waals surface area contributed by atoms with Gasteiger partial charge in [0.1, 0.15) is 0 Å². The number of nitrogens with one attached hydrogen (secondary N) is 1. The van der Waals surface area contributed by atoms with Crippen molar-refractivity contribution in [3.63, 3.8) is 0 Å². The summed E-state index contributed by atoms with van der Waals surface area (Å²) in [4.78, 5) is 15.8. The van der Waals surface area contributed by atoms with Crippen LogP contribution in [0.3, 0.4) is 0 Å². The van der Waals surface area contributed by atoms with Gasteiger partial charge >= 0.3 is 0 Å². The first-order valence-corrected chi connectivity index (χ1v) is 5.04. The molecule has 16 heavy (non-hydrogen) atoms. The number of hydrogen-bond acceptors (Lipinski definition) is 2. The van der Waals surface area contributed by atoms with E-state index in [1.807, 2.05) is 25.1 Å². The van der Waals surface area contributed by atoms with E-state index in [1.54, 1.807) is 30.6 Å². The summed E-state index contributed by atoms with van der Waals surface area (Å²) >= 11 is 0. The molecule has 0 saturated heterocycles. The van der Waals surface area contributed by atoms with Crippen molar-refractivity contribution in [2.45, 2.75) is 6.92 Å². The van der Waals surface area contributed by atoms with Crippen LogP contribution in [0.5, 0.6) is 0 Å². The summed E-state index contributed by atoms with van der Waals surface area (Å²) in [5, 5.41) is 2.85. The summed E-state index contributed by atoms with van der Waals surface area (Å²) in [6.07, 6.45) is 3.38. The Labute approximate surface area is 94.1 Å². The molecular weight excluding hydrogens is 200 g/mol. The molecule has 80 valence electrons. The second-order valence-corrected chi connectivity index (χ2v) is 3.51. The van der Waals surface area contributed by atoms with E-state index in [9.17, 15) is 4.79 Å². The third kappa shape index (κ3) is 2.25. The van der Waals surface area contributed by atoms with Crippen LogP contribution in [0.1, 0.15) is 15.9 Å². The number of amides is 1. The van der Waals surface area contributed by atoms with Crippen LogP contribution < -0.4 is 5.32 Å². The molecule has 0 unspecified atom stereocenters. The maximum Gasteiger partial charge on any atom is 0.255 e. The van der Waals surface area contributed by atoms with Gasteiger partial charge in [-0.2, -0.15) is 0 Å². The molecule has 0 saturated carbocycles. The molecule has 0 spiro atoms. The normalized spacial score (nSPS) is 9.81. The molecule has 1 N–H and O–H groups in total. The molecule has 0 atom stereocenters. The summed E-state index contributed by atoms with van der Waals surface area (Å²) < 4.78 is 0. The Morgan fingerprint density at radius 1 is 1.19 bits per heavy atom. The molecule has 3 nitrogen and oxygen atoms in total. The molecule has 0 fully saturated rings. The molecule has 1 heterocycles. The molecule has 0 bridgehead atoms. The van der Waals surface area contributed by atoms with Gasteiger partial charge in [0, 0.05) is 23.6 Å². The van der Waals surface area contributed by atoms with E-state index in [1.165, 1.54) is 0 Å². The van der Waals surface area contributed by atoms with Crippen molar-refractivity contribution in [2.75, 3.05) is 5.32 Å². The van der Waals surface area contributed by atoms with Crippen LogP contribution in [-0.4, -0.2) is 10.9 Å². The number of rotatable bonds is 2. The van der Waals surface area contributed by atoms with Crippen LogP contribution in [0.2, 0.25) is 0 Å². The summed E-state index contributed by atoms with van der Waals surface area (Å²) in [7, 11) is 0. The third-order valence-corrected chi connectivity index (χ3v) is 2.30. The molecule has 0 aliphatic heterocycles. The molecule has 0 aliphatic rings. The van der Waals surface area contributed by atoms with Gasteiger partial charge in [-0.1, -0.05) is 18.2 Å². The van der Waals surface area contributed by atoms with Gasteiger partial charge in [-0.25, -0.2) is 0 Å². The zero-order valence-electron chi connectivity index (χ0n) is 8.97. The van der Waals surface area contributed by atoms with Gasteiger partial charge in [0.25, 0.3) is 5.91 Å². The number of anilines is 1. The largest absolute Gasteiger partial charge is 0.322 e. The van der Waals surface area contributed by atoms with Gasteiger partial charge in [0.05, 0.1) is 0 Å². The molecule has 2 aromatic rings. The Morgan fingerprint density at radius 3 is 2.62 bits per heavy atom. The predicted molar refractivity (Wildman–Crippen MR) is 63.4 cm³/mol. The van der Waals surface area contributed by atoms with Crippen molar-refractivity contribution >= 4 is 11.6 Å². The summed E-state index contributed by atoms with van der Waals surface area (Å²) in [6.45, 7) is 1.91. The van der Waals surface area contributed by atoms with Gasteiger partial charge in [0.2, 0.25) is 0 Å². The number of nitrogens with zero attached hydrogens (tertiary/aromatic N) is 1. The molecule has 1 amide bonds. The summed E-state index contributed by atoms with van der Waals surface area (Å²) in [5.74, 6) is -0.102. The number of benzene rings is 1. The fourth-order valence-corrected chi connectivity index (χ4v) is 1.40. The number of pyridine rings is 1. The van der Waals surface area contributed by atoms with Crippen molar-refractivity contribution in [3.05, 3.63) is 59.9 Å². The van der Waals surface area contributed by atoms with E-state index in [2.05, 4.69) is 10.3 Å². The smallest absolute Gasteiger partial charge is 0.255 e. The number of aromatic nitrogens is 1. The second kappa shape index (κ2) is 4.57. The van der Waals surface area contributed by atoms with Crippen LogP contribution in [0.15, 0.2) is 48.8 Å². The lowest BCUT2D eigenvalue weighted by Crippen LogP contribution is -2.12. The first-order chi connectivity index (χ1) is 7.77. The van der Waals surface area contributed by atoms with Crippen molar-refractivity contribution in [1.82, 2.24) is 4.98 Å². The van der Waals surface area contributed by atoms with Gasteiger partial charge in [0.15, 0.2) is 0 Å². The number of aryl methyl sites for hydroxylation is 1. The van der Waals surface area contributed by atoms with Crippen molar-refractivity contribution in [2.24, 2.45) is 0 Å². The summed E-state index contributed by atoms with van der Waals surface area (Å²) in [5.41, 5.74) is 2.40. The Hall–Kier alpha value is -2.16.